The number of ether oxygens (including phenoxy) is 2. The Bertz CT molecular complexity index is 516. The van der Waals surface area contributed by atoms with Crippen molar-refractivity contribution in [2.45, 2.75) is 31.4 Å². The fraction of sp³-hybridized carbons (Fsp3) is 0.800. The molecule has 0 aromatic rings. The lowest BCUT2D eigenvalue weighted by molar-refractivity contribution is -0.216. The molecule has 0 saturated heterocycles. The summed E-state index contributed by atoms with van der Waals surface area (Å²) in [6.07, 6.45) is -5.83. The van der Waals surface area contributed by atoms with Gasteiger partial charge in [-0.15, -0.1) is 0 Å². The molecule has 7 nitrogen and oxygen atoms in total. The van der Waals surface area contributed by atoms with Crippen molar-refractivity contribution in [2.75, 3.05) is 13.2 Å². The van der Waals surface area contributed by atoms with E-state index in [0.717, 1.165) is 0 Å². The quantitative estimate of drug-likeness (QED) is 0.317. The molecular formula is C10H14F4O7S. The summed E-state index contributed by atoms with van der Waals surface area (Å²) in [5, 5.41) is -5.61. The van der Waals surface area contributed by atoms with Crippen LogP contribution in [-0.2, 0) is 29.2 Å². The molecule has 0 aliphatic carbocycles. The topological polar surface area (TPSA) is 107 Å². The number of carbonyl (C=O) groups is 2. The third-order valence-electron chi connectivity index (χ3n) is 2.56. The molecule has 0 heterocycles. The van der Waals surface area contributed by atoms with E-state index in [1.165, 1.54) is 6.92 Å². The van der Waals surface area contributed by atoms with Crippen molar-refractivity contribution < 1.29 is 49.6 Å². The average Bonchev–Trinajstić information content (AvgIpc) is 2.38. The molecule has 0 rings (SSSR count). The van der Waals surface area contributed by atoms with Crippen molar-refractivity contribution in [1.82, 2.24) is 0 Å². The Morgan fingerprint density at radius 2 is 1.59 bits per heavy atom. The molecule has 1 N–H and O–H groups in total. The second kappa shape index (κ2) is 7.22. The van der Waals surface area contributed by atoms with E-state index < -0.39 is 52.4 Å². The molecule has 0 aromatic carbocycles. The van der Waals surface area contributed by atoms with Gasteiger partial charge in [-0.25, -0.2) is 9.18 Å². The second-order valence-corrected chi connectivity index (χ2v) is 5.69. The number of halogens is 4. The predicted octanol–water partition coefficient (Wildman–Crippen LogP) is 1.23. The highest BCUT2D eigenvalue weighted by Crippen LogP contribution is 2.39. The van der Waals surface area contributed by atoms with Crippen LogP contribution in [-0.4, -0.2) is 49.3 Å². The predicted molar refractivity (Wildman–Crippen MR) is 62.8 cm³/mol. The van der Waals surface area contributed by atoms with E-state index in [4.69, 9.17) is 4.55 Å². The summed E-state index contributed by atoms with van der Waals surface area (Å²) in [7, 11) is -6.47. The highest BCUT2D eigenvalue weighted by molar-refractivity contribution is 7.88. The molecule has 0 aliphatic heterocycles. The van der Waals surface area contributed by atoms with Gasteiger partial charge in [0.15, 0.2) is 0 Å². The first-order chi connectivity index (χ1) is 9.79. The van der Waals surface area contributed by atoms with Gasteiger partial charge in [0.25, 0.3) is 0 Å². The van der Waals surface area contributed by atoms with E-state index in [-0.39, 0.29) is 0 Å². The lowest BCUT2D eigenvalue weighted by Crippen LogP contribution is -2.55. The van der Waals surface area contributed by atoms with Gasteiger partial charge in [-0.2, -0.15) is 21.6 Å². The van der Waals surface area contributed by atoms with Gasteiger partial charge < -0.3 is 9.47 Å². The Labute approximate surface area is 123 Å². The summed E-state index contributed by atoms with van der Waals surface area (Å²) in [5.74, 6) is -4.11. The maximum Gasteiger partial charge on any atom is 0.451 e. The summed E-state index contributed by atoms with van der Waals surface area (Å²) in [6.45, 7) is 1.45. The summed E-state index contributed by atoms with van der Waals surface area (Å²) in [6, 6.07) is 0. The van der Waals surface area contributed by atoms with E-state index in [1.54, 1.807) is 6.92 Å². The first kappa shape index (κ1) is 20.6. The number of esters is 2. The zero-order valence-electron chi connectivity index (χ0n) is 11.5. The van der Waals surface area contributed by atoms with E-state index in [2.05, 4.69) is 9.47 Å². The fourth-order valence-electron chi connectivity index (χ4n) is 1.05. The summed E-state index contributed by atoms with van der Waals surface area (Å²) in [5.41, 5.74) is 0. The molecule has 0 bridgehead atoms. The Morgan fingerprint density at radius 1 is 1.14 bits per heavy atom. The third kappa shape index (κ3) is 4.53. The molecule has 2 atom stereocenters. The number of hydrogen-bond acceptors (Lipinski definition) is 6. The van der Waals surface area contributed by atoms with Crippen molar-refractivity contribution in [1.29, 1.82) is 0 Å². The molecule has 0 fully saturated rings. The number of alkyl halides is 4. The van der Waals surface area contributed by atoms with Gasteiger partial charge in [0.1, 0.15) is 13.2 Å². The van der Waals surface area contributed by atoms with Crippen LogP contribution in [0.2, 0.25) is 0 Å². The highest BCUT2D eigenvalue weighted by atomic mass is 32.2. The average molecular weight is 354 g/mol. The number of rotatable bonds is 7. The highest BCUT2D eigenvalue weighted by Gasteiger charge is 2.72. The van der Waals surface area contributed by atoms with E-state index in [1.807, 2.05) is 0 Å². The minimum absolute atomic E-state index is 0.420. The summed E-state index contributed by atoms with van der Waals surface area (Å²) < 4.78 is 88.0. The van der Waals surface area contributed by atoms with Crippen molar-refractivity contribution >= 4 is 22.1 Å². The van der Waals surface area contributed by atoms with Gasteiger partial charge in [-0.05, 0) is 6.42 Å². The minimum Gasteiger partial charge on any atom is -0.462 e. The lowest BCUT2D eigenvalue weighted by atomic mass is 10.1. The Morgan fingerprint density at radius 3 is 1.95 bits per heavy atom. The van der Waals surface area contributed by atoms with Crippen LogP contribution >= 0.6 is 0 Å². The molecule has 0 aromatic heterocycles. The standard InChI is InChI=1S/C10H14F4O7S/c1-3-6(2)7(15)20-4-5-21-8(16)9(11,10(12,13)14)22(17,18)19/h6H,3-5H2,1-2H3,(H,17,18,19). The Balaban J connectivity index is 4.74. The van der Waals surface area contributed by atoms with Crippen LogP contribution in [0.1, 0.15) is 20.3 Å². The maximum absolute atomic E-state index is 13.4. The summed E-state index contributed by atoms with van der Waals surface area (Å²) >= 11 is 0. The Kier molecular flexibility index (Phi) is 6.75. The molecule has 0 spiro atoms. The van der Waals surface area contributed by atoms with Gasteiger partial charge in [0, 0.05) is 0 Å². The van der Waals surface area contributed by atoms with Crippen molar-refractivity contribution in [3.63, 3.8) is 0 Å². The van der Waals surface area contributed by atoms with Crippen molar-refractivity contribution in [2.24, 2.45) is 5.92 Å². The van der Waals surface area contributed by atoms with Crippen LogP contribution < -0.4 is 0 Å². The minimum atomic E-state index is -6.47. The smallest absolute Gasteiger partial charge is 0.451 e. The molecule has 22 heavy (non-hydrogen) atoms. The first-order valence-electron chi connectivity index (χ1n) is 5.85. The lowest BCUT2D eigenvalue weighted by Gasteiger charge is -2.22. The van der Waals surface area contributed by atoms with Crippen LogP contribution in [0.4, 0.5) is 17.6 Å². The largest absolute Gasteiger partial charge is 0.462 e. The van der Waals surface area contributed by atoms with Crippen LogP contribution in [0.3, 0.4) is 0 Å². The van der Waals surface area contributed by atoms with E-state index in [0.29, 0.717) is 6.42 Å². The van der Waals surface area contributed by atoms with E-state index in [9.17, 15) is 35.6 Å². The molecular weight excluding hydrogens is 340 g/mol. The van der Waals surface area contributed by atoms with Crippen LogP contribution in [0.5, 0.6) is 0 Å². The summed E-state index contributed by atoms with van der Waals surface area (Å²) in [4.78, 5) is 22.2. The molecule has 12 heteroatoms. The SMILES string of the molecule is CCC(C)C(=O)OCCOC(=O)C(F)(C(F)(F)F)S(=O)(=O)O. The van der Waals surface area contributed by atoms with E-state index >= 15 is 0 Å². The van der Waals surface area contributed by atoms with Gasteiger partial charge >= 0.3 is 33.2 Å². The van der Waals surface area contributed by atoms with Crippen LogP contribution in [0.25, 0.3) is 0 Å². The molecule has 130 valence electrons. The zero-order chi connectivity index (χ0) is 17.8. The zero-order valence-corrected chi connectivity index (χ0v) is 12.3. The second-order valence-electron chi connectivity index (χ2n) is 4.18. The molecule has 0 radical (unpaired) electrons. The molecule has 2 unspecified atom stereocenters. The first-order valence-corrected chi connectivity index (χ1v) is 7.29. The van der Waals surface area contributed by atoms with Gasteiger partial charge in [-0.1, -0.05) is 13.8 Å². The van der Waals surface area contributed by atoms with Crippen LogP contribution in [0, 0.1) is 5.92 Å². The molecule has 0 saturated carbocycles. The fourth-order valence-corrected chi connectivity index (χ4v) is 1.61. The maximum atomic E-state index is 13.4. The van der Waals surface area contributed by atoms with Crippen molar-refractivity contribution in [3.05, 3.63) is 0 Å². The van der Waals surface area contributed by atoms with Crippen LogP contribution in [0.15, 0.2) is 0 Å². The molecule has 0 amide bonds. The number of hydrogen-bond donors (Lipinski definition) is 1. The van der Waals surface area contributed by atoms with Gasteiger partial charge in [-0.3, -0.25) is 9.35 Å². The Hall–Kier alpha value is -1.43. The normalized spacial score (nSPS) is 16.5. The van der Waals surface area contributed by atoms with Crippen molar-refractivity contribution in [3.8, 4) is 0 Å². The molecule has 0 aliphatic rings. The number of carbonyl (C=O) groups excluding carboxylic acids is 2. The monoisotopic (exact) mass is 354 g/mol. The van der Waals surface area contributed by atoms with Gasteiger partial charge in [0.05, 0.1) is 5.92 Å². The third-order valence-corrected chi connectivity index (χ3v) is 3.67. The van der Waals surface area contributed by atoms with Gasteiger partial charge in [0.2, 0.25) is 0 Å².